The minimum absolute atomic E-state index is 0.271. The Labute approximate surface area is 46.6 Å². The molecule has 0 aliphatic heterocycles. The lowest BCUT2D eigenvalue weighted by atomic mass is 10.5. The van der Waals surface area contributed by atoms with E-state index in [9.17, 15) is 0 Å². The van der Waals surface area contributed by atoms with Gasteiger partial charge in [0.1, 0.15) is 19.2 Å². The van der Waals surface area contributed by atoms with E-state index in [0.29, 0.717) is 0 Å². The summed E-state index contributed by atoms with van der Waals surface area (Å²) >= 11 is 0. The van der Waals surface area contributed by atoms with Crippen molar-refractivity contribution in [2.45, 2.75) is 0 Å². The van der Waals surface area contributed by atoms with Gasteiger partial charge in [-0.25, -0.2) is 0 Å². The lowest BCUT2D eigenvalue weighted by Crippen LogP contribution is -1.87. The summed E-state index contributed by atoms with van der Waals surface area (Å²) in [6.07, 6.45) is 0. The van der Waals surface area contributed by atoms with E-state index in [2.05, 4.69) is 9.99 Å². The van der Waals surface area contributed by atoms with Crippen molar-refractivity contribution < 1.29 is 4.84 Å². The van der Waals surface area contributed by atoms with Crippen molar-refractivity contribution >= 4 is 5.71 Å². The van der Waals surface area contributed by atoms with E-state index in [4.69, 9.17) is 10.5 Å². The van der Waals surface area contributed by atoms with Gasteiger partial charge in [-0.3, -0.25) is 0 Å². The summed E-state index contributed by atoms with van der Waals surface area (Å²) in [6.45, 7) is 0. The molecule has 0 unspecified atom stereocenters. The normalized spacial score (nSPS) is 5.88. The minimum Gasteiger partial charge on any atom is -0.397 e. The van der Waals surface area contributed by atoms with Gasteiger partial charge in [-0.15, -0.1) is 0 Å². The Hall–Kier alpha value is -1.55. The van der Waals surface area contributed by atoms with E-state index in [1.807, 2.05) is 0 Å². The van der Waals surface area contributed by atoms with Crippen molar-refractivity contribution in [1.29, 1.82) is 10.5 Å². The first-order valence-corrected chi connectivity index (χ1v) is 1.76. The molecular formula is C4H3N3O. The topological polar surface area (TPSA) is 69.2 Å². The standard InChI is InChI=1S/C4H3N3O/c1-8-7-4(2-5)3-6/h1H3. The van der Waals surface area contributed by atoms with Crippen molar-refractivity contribution in [2.24, 2.45) is 5.16 Å². The maximum atomic E-state index is 7.97. The first-order chi connectivity index (χ1) is 3.85. The monoisotopic (exact) mass is 109 g/mol. The van der Waals surface area contributed by atoms with Crippen LogP contribution in [-0.2, 0) is 4.84 Å². The molecule has 0 N–H and O–H groups in total. The molecule has 0 aliphatic carbocycles. The third-order valence-electron chi connectivity index (χ3n) is 0.394. The highest BCUT2D eigenvalue weighted by molar-refractivity contribution is 6.09. The summed E-state index contributed by atoms with van der Waals surface area (Å²) in [5, 5.41) is 19.0. The Bertz CT molecular complexity index is 155. The maximum absolute atomic E-state index is 7.97. The largest absolute Gasteiger partial charge is 0.397 e. The second-order valence-corrected chi connectivity index (χ2v) is 0.846. The highest BCUT2D eigenvalue weighted by Gasteiger charge is 1.89. The first kappa shape index (κ1) is 6.45. The van der Waals surface area contributed by atoms with Crippen molar-refractivity contribution in [3.63, 3.8) is 0 Å². The minimum atomic E-state index is -0.271. The summed E-state index contributed by atoms with van der Waals surface area (Å²) in [5.74, 6) is 0. The van der Waals surface area contributed by atoms with Crippen LogP contribution in [0.25, 0.3) is 0 Å². The van der Waals surface area contributed by atoms with Crippen LogP contribution in [-0.4, -0.2) is 12.8 Å². The van der Waals surface area contributed by atoms with E-state index >= 15 is 0 Å². The van der Waals surface area contributed by atoms with Crippen LogP contribution in [0.1, 0.15) is 0 Å². The number of oxime groups is 1. The van der Waals surface area contributed by atoms with Crippen LogP contribution < -0.4 is 0 Å². The molecule has 40 valence electrons. The summed E-state index contributed by atoms with van der Waals surface area (Å²) in [5.41, 5.74) is -0.271. The van der Waals surface area contributed by atoms with Crippen molar-refractivity contribution in [3.05, 3.63) is 0 Å². The molecule has 0 aromatic rings. The molecule has 4 heteroatoms. The van der Waals surface area contributed by atoms with Crippen LogP contribution in [0.15, 0.2) is 5.16 Å². The third-order valence-corrected chi connectivity index (χ3v) is 0.394. The molecule has 0 aromatic carbocycles. The maximum Gasteiger partial charge on any atom is 0.256 e. The van der Waals surface area contributed by atoms with E-state index < -0.39 is 0 Å². The van der Waals surface area contributed by atoms with Crippen molar-refractivity contribution in [1.82, 2.24) is 0 Å². The van der Waals surface area contributed by atoms with E-state index in [1.165, 1.54) is 19.2 Å². The molecule has 0 saturated carbocycles. The summed E-state index contributed by atoms with van der Waals surface area (Å²) in [6, 6.07) is 3.03. The van der Waals surface area contributed by atoms with Crippen LogP contribution in [0.3, 0.4) is 0 Å². The molecule has 0 saturated heterocycles. The Morgan fingerprint density at radius 3 is 2.12 bits per heavy atom. The van der Waals surface area contributed by atoms with Gasteiger partial charge in [0.15, 0.2) is 0 Å². The molecule has 4 nitrogen and oxygen atoms in total. The Morgan fingerprint density at radius 2 is 2.00 bits per heavy atom. The number of hydrogen-bond donors (Lipinski definition) is 0. The SMILES string of the molecule is CON=C(C#N)C#N. The van der Waals surface area contributed by atoms with Crippen LogP contribution in [0, 0.1) is 22.7 Å². The van der Waals surface area contributed by atoms with E-state index in [1.54, 1.807) is 0 Å². The van der Waals surface area contributed by atoms with Gasteiger partial charge in [-0.1, -0.05) is 5.16 Å². The van der Waals surface area contributed by atoms with E-state index in [0.717, 1.165) is 0 Å². The fourth-order valence-electron chi connectivity index (χ4n) is 0.157. The first-order valence-electron chi connectivity index (χ1n) is 1.76. The van der Waals surface area contributed by atoms with Gasteiger partial charge < -0.3 is 4.84 Å². The summed E-state index contributed by atoms with van der Waals surface area (Å²) < 4.78 is 0. The van der Waals surface area contributed by atoms with Gasteiger partial charge in [-0.2, -0.15) is 10.5 Å². The zero-order valence-corrected chi connectivity index (χ0v) is 4.25. The molecule has 0 fully saturated rings. The molecule has 0 aliphatic rings. The Morgan fingerprint density at radius 1 is 1.50 bits per heavy atom. The molecule has 0 spiro atoms. The lowest BCUT2D eigenvalue weighted by Gasteiger charge is -1.79. The Kier molecular flexibility index (Phi) is 2.93. The fraction of sp³-hybridized carbons (Fsp3) is 0.250. The van der Waals surface area contributed by atoms with Crippen LogP contribution in [0.2, 0.25) is 0 Å². The predicted molar refractivity (Wildman–Crippen MR) is 25.7 cm³/mol. The number of hydrogen-bond acceptors (Lipinski definition) is 4. The number of nitrogens with zero attached hydrogens (tertiary/aromatic N) is 3. The quantitative estimate of drug-likeness (QED) is 0.352. The van der Waals surface area contributed by atoms with Gasteiger partial charge in [0.2, 0.25) is 0 Å². The third kappa shape index (κ3) is 1.78. The molecule has 0 bridgehead atoms. The van der Waals surface area contributed by atoms with Gasteiger partial charge in [0.05, 0.1) is 0 Å². The summed E-state index contributed by atoms with van der Waals surface area (Å²) in [7, 11) is 1.27. The predicted octanol–water partition coefficient (Wildman–Crippen LogP) is 0.0360. The van der Waals surface area contributed by atoms with Gasteiger partial charge in [0, 0.05) is 0 Å². The van der Waals surface area contributed by atoms with Crippen LogP contribution >= 0.6 is 0 Å². The molecule has 0 rings (SSSR count). The average Bonchev–Trinajstić information content (AvgIpc) is 1.83. The molecule has 0 amide bonds. The zero-order chi connectivity index (χ0) is 6.41. The van der Waals surface area contributed by atoms with Crippen LogP contribution in [0.5, 0.6) is 0 Å². The molecular weight excluding hydrogens is 106 g/mol. The van der Waals surface area contributed by atoms with Gasteiger partial charge in [0.25, 0.3) is 5.71 Å². The van der Waals surface area contributed by atoms with E-state index in [-0.39, 0.29) is 5.71 Å². The number of nitriles is 2. The molecule has 0 radical (unpaired) electrons. The number of rotatable bonds is 1. The molecule has 0 heterocycles. The molecule has 0 aromatic heterocycles. The highest BCUT2D eigenvalue weighted by Crippen LogP contribution is 1.72. The lowest BCUT2D eigenvalue weighted by molar-refractivity contribution is 0.214. The molecule has 0 atom stereocenters. The zero-order valence-electron chi connectivity index (χ0n) is 4.25. The van der Waals surface area contributed by atoms with Crippen LogP contribution in [0.4, 0.5) is 0 Å². The summed E-state index contributed by atoms with van der Waals surface area (Å²) in [4.78, 5) is 4.13. The van der Waals surface area contributed by atoms with Gasteiger partial charge in [-0.05, 0) is 0 Å². The smallest absolute Gasteiger partial charge is 0.256 e. The average molecular weight is 109 g/mol. The Balaban J connectivity index is 3.99. The molecule has 8 heavy (non-hydrogen) atoms. The van der Waals surface area contributed by atoms with Crippen molar-refractivity contribution in [2.75, 3.05) is 7.11 Å². The second-order valence-electron chi connectivity index (χ2n) is 0.846. The van der Waals surface area contributed by atoms with Gasteiger partial charge >= 0.3 is 0 Å². The fourth-order valence-corrected chi connectivity index (χ4v) is 0.157. The van der Waals surface area contributed by atoms with Crippen molar-refractivity contribution in [3.8, 4) is 12.1 Å². The highest BCUT2D eigenvalue weighted by atomic mass is 16.6. The second kappa shape index (κ2) is 3.63.